The molecule has 1 fully saturated rings. The Morgan fingerprint density at radius 3 is 2.59 bits per heavy atom. The smallest absolute Gasteiger partial charge is 0.266 e. The van der Waals surface area contributed by atoms with Gasteiger partial charge in [-0.1, -0.05) is 0 Å². The summed E-state index contributed by atoms with van der Waals surface area (Å²) in [5.41, 5.74) is 0.676. The van der Waals surface area contributed by atoms with Crippen LogP contribution in [0.2, 0.25) is 0 Å². The maximum atomic E-state index is 12.2. The summed E-state index contributed by atoms with van der Waals surface area (Å²) in [5.74, 6) is 1.51. The molecule has 1 N–H and O–H groups in total. The van der Waals surface area contributed by atoms with E-state index in [1.54, 1.807) is 37.4 Å². The van der Waals surface area contributed by atoms with Gasteiger partial charge in [0, 0.05) is 13.1 Å². The van der Waals surface area contributed by atoms with Gasteiger partial charge in [0.15, 0.2) is 5.17 Å². The average Bonchev–Trinajstić information content (AvgIpc) is 3.01. The summed E-state index contributed by atoms with van der Waals surface area (Å²) in [6, 6.07) is 10.2. The number of aromatic hydroxyl groups is 1. The number of phenols is 1. The topological polar surface area (TPSA) is 66.0 Å². The Balaban J connectivity index is 1.88. The van der Waals surface area contributed by atoms with E-state index in [9.17, 15) is 9.90 Å². The molecule has 2 heterocycles. The second-order valence-electron chi connectivity index (χ2n) is 4.83. The summed E-state index contributed by atoms with van der Waals surface area (Å²) in [4.78, 5) is 18.7. The molecule has 0 radical (unpaired) electrons. The highest BCUT2D eigenvalue weighted by Gasteiger charge is 2.30. The number of phenolic OH excluding ortho intramolecular Hbond substituents is 1. The van der Waals surface area contributed by atoms with Gasteiger partial charge in [-0.05, 0) is 55.1 Å². The number of carbonyl (C=O) groups is 1. The molecule has 0 spiro atoms. The van der Waals surface area contributed by atoms with Gasteiger partial charge in [-0.15, -0.1) is 0 Å². The van der Waals surface area contributed by atoms with E-state index in [2.05, 4.69) is 4.99 Å². The number of carbonyl (C=O) groups excluding carboxylic acids is 1. The largest absolute Gasteiger partial charge is 0.508 e. The Labute approximate surface area is 132 Å². The number of furan rings is 1. The van der Waals surface area contributed by atoms with Gasteiger partial charge in [-0.3, -0.25) is 9.69 Å². The lowest BCUT2D eigenvalue weighted by atomic mass is 10.3. The van der Waals surface area contributed by atoms with Gasteiger partial charge in [0.25, 0.3) is 5.91 Å². The molecule has 1 amide bonds. The maximum Gasteiger partial charge on any atom is 0.266 e. The van der Waals surface area contributed by atoms with Crippen LogP contribution in [0.1, 0.15) is 11.5 Å². The summed E-state index contributed by atoms with van der Waals surface area (Å²) in [5, 5.41) is 9.87. The highest BCUT2D eigenvalue weighted by Crippen LogP contribution is 2.33. The van der Waals surface area contributed by atoms with E-state index in [1.807, 2.05) is 19.1 Å². The van der Waals surface area contributed by atoms with Crippen LogP contribution in [0.25, 0.3) is 6.08 Å². The predicted molar refractivity (Wildman–Crippen MR) is 87.0 cm³/mol. The molecule has 5 nitrogen and oxygen atoms in total. The van der Waals surface area contributed by atoms with Crippen LogP contribution in [-0.2, 0) is 4.79 Å². The Bertz CT molecular complexity index is 775. The number of hydrogen-bond acceptors (Lipinski definition) is 5. The van der Waals surface area contributed by atoms with Crippen LogP contribution in [0.3, 0.4) is 0 Å². The number of aliphatic imine (C=N–C) groups is 1. The van der Waals surface area contributed by atoms with Crippen LogP contribution >= 0.6 is 11.8 Å². The minimum atomic E-state index is -0.114. The molecule has 1 aliphatic rings. The molecule has 6 heteroatoms. The first-order valence-electron chi connectivity index (χ1n) is 6.65. The minimum Gasteiger partial charge on any atom is -0.508 e. The van der Waals surface area contributed by atoms with E-state index in [1.165, 1.54) is 16.7 Å². The van der Waals surface area contributed by atoms with Crippen LogP contribution in [0.15, 0.2) is 50.7 Å². The number of amidine groups is 1. The monoisotopic (exact) mass is 314 g/mol. The van der Waals surface area contributed by atoms with Crippen LogP contribution in [0, 0.1) is 6.92 Å². The first-order valence-corrected chi connectivity index (χ1v) is 7.46. The van der Waals surface area contributed by atoms with Gasteiger partial charge < -0.3 is 9.52 Å². The molecule has 0 saturated carbocycles. The fourth-order valence-corrected chi connectivity index (χ4v) is 2.92. The number of benzene rings is 1. The molecule has 1 aromatic carbocycles. The zero-order valence-electron chi connectivity index (χ0n) is 12.1. The van der Waals surface area contributed by atoms with Gasteiger partial charge in [0.1, 0.15) is 17.3 Å². The average molecular weight is 314 g/mol. The van der Waals surface area contributed by atoms with E-state index in [4.69, 9.17) is 4.42 Å². The van der Waals surface area contributed by atoms with Crippen molar-refractivity contribution in [2.24, 2.45) is 4.99 Å². The Hall–Kier alpha value is -2.47. The highest BCUT2D eigenvalue weighted by molar-refractivity contribution is 8.18. The molecule has 0 unspecified atom stereocenters. The molecule has 1 aromatic heterocycles. The number of nitrogens with zero attached hydrogens (tertiary/aromatic N) is 2. The molecule has 3 rings (SSSR count). The fraction of sp³-hybridized carbons (Fsp3) is 0.125. The van der Waals surface area contributed by atoms with Crippen molar-refractivity contribution < 1.29 is 14.3 Å². The Morgan fingerprint density at radius 1 is 1.23 bits per heavy atom. The molecular weight excluding hydrogens is 300 g/mol. The molecular formula is C16H14N2O3S. The molecule has 0 aliphatic carbocycles. The third kappa shape index (κ3) is 2.92. The summed E-state index contributed by atoms with van der Waals surface area (Å²) in [7, 11) is 1.68. The van der Waals surface area contributed by atoms with Crippen molar-refractivity contribution in [3.05, 3.63) is 52.8 Å². The standard InChI is InChI=1S/C16H14N2O3S/c1-10-3-8-13(21-10)9-14-15(20)18(2)16(22-14)17-11-4-6-12(19)7-5-11/h3-9,19H,1-2H3/b14-9-,17-16?. The summed E-state index contributed by atoms with van der Waals surface area (Å²) < 4.78 is 5.47. The third-order valence-corrected chi connectivity index (χ3v) is 4.17. The molecule has 0 atom stereocenters. The van der Waals surface area contributed by atoms with Crippen LogP contribution < -0.4 is 0 Å². The van der Waals surface area contributed by atoms with E-state index in [0.29, 0.717) is 21.5 Å². The van der Waals surface area contributed by atoms with Crippen molar-refractivity contribution in [2.75, 3.05) is 7.05 Å². The number of rotatable bonds is 2. The van der Waals surface area contributed by atoms with Gasteiger partial charge >= 0.3 is 0 Å². The Morgan fingerprint density at radius 2 is 1.95 bits per heavy atom. The number of thioether (sulfide) groups is 1. The van der Waals surface area contributed by atoms with Crippen molar-refractivity contribution in [3.63, 3.8) is 0 Å². The summed E-state index contributed by atoms with van der Waals surface area (Å²) in [6.07, 6.45) is 1.72. The van der Waals surface area contributed by atoms with Gasteiger partial charge in [-0.25, -0.2) is 4.99 Å². The van der Waals surface area contributed by atoms with Crippen molar-refractivity contribution in [1.82, 2.24) is 4.90 Å². The fourth-order valence-electron chi connectivity index (χ4n) is 1.95. The quantitative estimate of drug-likeness (QED) is 0.861. The van der Waals surface area contributed by atoms with Gasteiger partial charge in [0.05, 0.1) is 10.6 Å². The number of aryl methyl sites for hydroxylation is 1. The highest BCUT2D eigenvalue weighted by atomic mass is 32.2. The minimum absolute atomic E-state index is 0.114. The van der Waals surface area contributed by atoms with Gasteiger partial charge in [-0.2, -0.15) is 0 Å². The molecule has 22 heavy (non-hydrogen) atoms. The lowest BCUT2D eigenvalue weighted by Crippen LogP contribution is -2.23. The first-order chi connectivity index (χ1) is 10.5. The van der Waals surface area contributed by atoms with Crippen molar-refractivity contribution in [1.29, 1.82) is 0 Å². The van der Waals surface area contributed by atoms with Crippen molar-refractivity contribution in [2.45, 2.75) is 6.92 Å². The zero-order valence-corrected chi connectivity index (χ0v) is 12.9. The van der Waals surface area contributed by atoms with Gasteiger partial charge in [0.2, 0.25) is 0 Å². The lowest BCUT2D eigenvalue weighted by molar-refractivity contribution is -0.121. The first kappa shape index (κ1) is 14.5. The molecule has 2 aromatic rings. The van der Waals surface area contributed by atoms with E-state index in [0.717, 1.165) is 5.76 Å². The molecule has 0 bridgehead atoms. The summed E-state index contributed by atoms with van der Waals surface area (Å²) >= 11 is 1.29. The number of amides is 1. The SMILES string of the molecule is Cc1ccc(/C=C2\SC(=Nc3ccc(O)cc3)N(C)C2=O)o1. The van der Waals surface area contributed by atoms with Crippen molar-refractivity contribution >= 4 is 34.6 Å². The Kier molecular flexibility index (Phi) is 3.77. The normalized spacial score (nSPS) is 18.6. The van der Waals surface area contributed by atoms with Crippen LogP contribution in [-0.4, -0.2) is 28.1 Å². The van der Waals surface area contributed by atoms with Crippen LogP contribution in [0.4, 0.5) is 5.69 Å². The predicted octanol–water partition coefficient (Wildman–Crippen LogP) is 3.53. The number of likely N-dealkylation sites (N-methyl/N-ethyl adjacent to an activating group) is 1. The third-order valence-electron chi connectivity index (χ3n) is 3.11. The zero-order chi connectivity index (χ0) is 15.7. The summed E-state index contributed by atoms with van der Waals surface area (Å²) in [6.45, 7) is 1.86. The lowest BCUT2D eigenvalue weighted by Gasteiger charge is -2.06. The second kappa shape index (κ2) is 5.73. The van der Waals surface area contributed by atoms with E-state index < -0.39 is 0 Å². The maximum absolute atomic E-state index is 12.2. The molecule has 1 aliphatic heterocycles. The van der Waals surface area contributed by atoms with Crippen LogP contribution in [0.5, 0.6) is 5.75 Å². The van der Waals surface area contributed by atoms with E-state index >= 15 is 0 Å². The van der Waals surface area contributed by atoms with Crippen molar-refractivity contribution in [3.8, 4) is 5.75 Å². The van der Waals surface area contributed by atoms with E-state index in [-0.39, 0.29) is 11.7 Å². The second-order valence-corrected chi connectivity index (χ2v) is 5.84. The molecule has 1 saturated heterocycles. The number of hydrogen-bond donors (Lipinski definition) is 1. The molecule has 112 valence electrons.